The second-order valence-corrected chi connectivity index (χ2v) is 12.4. The average Bonchev–Trinajstić information content (AvgIpc) is 3.10. The number of pyridine rings is 1. The van der Waals surface area contributed by atoms with Crippen LogP contribution in [0, 0.1) is 0 Å². The Balaban J connectivity index is 1.16. The smallest absolute Gasteiger partial charge is 0.262 e. The topological polar surface area (TPSA) is 103 Å². The molecule has 1 unspecified atom stereocenters. The molecule has 1 aliphatic heterocycles. The van der Waals surface area contributed by atoms with Crippen LogP contribution in [0.4, 0.5) is 17.3 Å². The number of anilines is 3. The van der Waals surface area contributed by atoms with Crippen molar-refractivity contribution >= 4 is 42.8 Å². The van der Waals surface area contributed by atoms with Gasteiger partial charge in [-0.1, -0.05) is 6.07 Å². The SMILES string of the molecule is COc1cc2c(Oc3ccc(-c4cnc(Nc5ccc(N(C)C)cc5)n(C)c4=O)cc3P)ccnc2cc1OCCCN1CCOCC1. The normalized spacial score (nSPS) is 13.4. The summed E-state index contributed by atoms with van der Waals surface area (Å²) < 4.78 is 25.2. The van der Waals surface area contributed by atoms with Crippen LogP contribution in [0.2, 0.25) is 0 Å². The van der Waals surface area contributed by atoms with Gasteiger partial charge in [-0.2, -0.15) is 0 Å². The van der Waals surface area contributed by atoms with Crippen molar-refractivity contribution in [3.63, 3.8) is 0 Å². The van der Waals surface area contributed by atoms with E-state index >= 15 is 0 Å². The van der Waals surface area contributed by atoms with Crippen LogP contribution in [0.5, 0.6) is 23.0 Å². The van der Waals surface area contributed by atoms with Gasteiger partial charge in [-0.25, -0.2) is 4.98 Å². The van der Waals surface area contributed by atoms with Crippen LogP contribution in [0.25, 0.3) is 22.0 Å². The summed E-state index contributed by atoms with van der Waals surface area (Å²) in [4.78, 5) is 26.9. The average molecular weight is 669 g/mol. The van der Waals surface area contributed by atoms with Gasteiger partial charge >= 0.3 is 0 Å². The highest BCUT2D eigenvalue weighted by molar-refractivity contribution is 7.27. The van der Waals surface area contributed by atoms with E-state index < -0.39 is 0 Å². The molecule has 2 aromatic heterocycles. The van der Waals surface area contributed by atoms with Crippen LogP contribution in [0.1, 0.15) is 6.42 Å². The van der Waals surface area contributed by atoms with Crippen LogP contribution < -0.4 is 35.3 Å². The molecule has 1 aliphatic rings. The first-order chi connectivity index (χ1) is 23.3. The number of hydrogen-bond donors (Lipinski definition) is 1. The summed E-state index contributed by atoms with van der Waals surface area (Å²) in [5.41, 5.74) is 3.71. The van der Waals surface area contributed by atoms with E-state index in [-0.39, 0.29) is 5.56 Å². The highest BCUT2D eigenvalue weighted by atomic mass is 31.0. The minimum Gasteiger partial charge on any atom is -0.493 e. The zero-order chi connectivity index (χ0) is 33.6. The van der Waals surface area contributed by atoms with E-state index in [4.69, 9.17) is 18.9 Å². The molecule has 1 atom stereocenters. The number of benzene rings is 3. The molecule has 1 fully saturated rings. The first-order valence-electron chi connectivity index (χ1n) is 15.9. The zero-order valence-electron chi connectivity index (χ0n) is 27.7. The third-order valence-corrected chi connectivity index (χ3v) is 8.77. The monoisotopic (exact) mass is 668 g/mol. The van der Waals surface area contributed by atoms with Gasteiger partial charge in [0.05, 0.1) is 38.0 Å². The predicted octanol–water partition coefficient (Wildman–Crippen LogP) is 5.21. The van der Waals surface area contributed by atoms with Gasteiger partial charge in [-0.15, -0.1) is 9.24 Å². The molecule has 0 saturated carbocycles. The molecule has 250 valence electrons. The van der Waals surface area contributed by atoms with Gasteiger partial charge in [0.25, 0.3) is 5.56 Å². The zero-order valence-corrected chi connectivity index (χ0v) is 28.9. The summed E-state index contributed by atoms with van der Waals surface area (Å²) >= 11 is 0. The molecule has 5 aromatic rings. The van der Waals surface area contributed by atoms with Crippen LogP contribution in [-0.2, 0) is 11.8 Å². The second-order valence-electron chi connectivity index (χ2n) is 11.8. The number of fused-ring (bicyclic) bond motifs is 1. The standard InChI is InChI=1S/C36H41N6O5P/c1-40(2)26-9-7-25(8-10-26)39-36-38-23-28(35(43)41(36)3)24-6-11-31(34(48)20-24)47-30-12-13-37-29-22-33(32(44-4)21-27(29)30)46-17-5-14-42-15-18-45-19-16-42/h6-13,20-23H,5,14-19,48H2,1-4H3,(H,38,39). The number of aromatic nitrogens is 3. The number of ether oxygens (including phenoxy) is 4. The maximum absolute atomic E-state index is 13.4. The summed E-state index contributed by atoms with van der Waals surface area (Å²) in [5, 5.41) is 4.82. The minimum absolute atomic E-state index is 0.165. The van der Waals surface area contributed by atoms with Gasteiger partial charge in [-0.3, -0.25) is 19.2 Å². The second kappa shape index (κ2) is 15.0. The molecule has 48 heavy (non-hydrogen) atoms. The molecule has 1 N–H and O–H groups in total. The summed E-state index contributed by atoms with van der Waals surface area (Å²) in [5.74, 6) is 2.96. The minimum atomic E-state index is -0.165. The molecule has 3 aromatic carbocycles. The summed E-state index contributed by atoms with van der Waals surface area (Å²) in [6, 6.07) is 19.1. The van der Waals surface area contributed by atoms with Crippen LogP contribution in [0.15, 0.2) is 77.9 Å². The molecular weight excluding hydrogens is 627 g/mol. The molecular formula is C36H41N6O5P. The van der Waals surface area contributed by atoms with E-state index in [2.05, 4.69) is 29.4 Å². The summed E-state index contributed by atoms with van der Waals surface area (Å²) in [7, 11) is 10.0. The van der Waals surface area contributed by atoms with Gasteiger partial charge in [0.1, 0.15) is 11.5 Å². The van der Waals surface area contributed by atoms with Crippen LogP contribution in [-0.4, -0.2) is 80.1 Å². The molecule has 0 amide bonds. The van der Waals surface area contributed by atoms with Crippen molar-refractivity contribution < 1.29 is 18.9 Å². The predicted molar refractivity (Wildman–Crippen MR) is 194 cm³/mol. The van der Waals surface area contributed by atoms with Gasteiger partial charge in [0.15, 0.2) is 11.5 Å². The molecule has 0 bridgehead atoms. The van der Waals surface area contributed by atoms with Crippen molar-refractivity contribution in [2.45, 2.75) is 6.42 Å². The molecule has 0 spiro atoms. The fraction of sp³-hybridized carbons (Fsp3) is 0.306. The molecule has 3 heterocycles. The van der Waals surface area contributed by atoms with E-state index in [1.165, 1.54) is 4.57 Å². The lowest BCUT2D eigenvalue weighted by atomic mass is 10.1. The first kappa shape index (κ1) is 33.2. The summed E-state index contributed by atoms with van der Waals surface area (Å²) in [6.07, 6.45) is 4.22. The van der Waals surface area contributed by atoms with E-state index in [1.807, 2.05) is 79.7 Å². The lowest BCUT2D eigenvalue weighted by Gasteiger charge is -2.26. The van der Waals surface area contributed by atoms with E-state index in [9.17, 15) is 4.79 Å². The maximum Gasteiger partial charge on any atom is 0.262 e. The fourth-order valence-corrected chi connectivity index (χ4v) is 5.88. The fourth-order valence-electron chi connectivity index (χ4n) is 5.54. The van der Waals surface area contributed by atoms with Gasteiger partial charge in [-0.05, 0) is 60.5 Å². The Morgan fingerprint density at radius 2 is 1.75 bits per heavy atom. The Bertz CT molecular complexity index is 1940. The van der Waals surface area contributed by atoms with Gasteiger partial charge in [0, 0.05) is 81.3 Å². The third kappa shape index (κ3) is 7.54. The lowest BCUT2D eigenvalue weighted by Crippen LogP contribution is -2.37. The highest BCUT2D eigenvalue weighted by Gasteiger charge is 2.16. The number of nitrogens with zero attached hydrogens (tertiary/aromatic N) is 5. The Labute approximate surface area is 282 Å². The van der Waals surface area contributed by atoms with Crippen LogP contribution in [0.3, 0.4) is 0 Å². The van der Waals surface area contributed by atoms with Gasteiger partial charge in [0.2, 0.25) is 5.95 Å². The Morgan fingerprint density at radius 1 is 0.958 bits per heavy atom. The number of hydrogen-bond acceptors (Lipinski definition) is 10. The molecule has 0 aliphatic carbocycles. The number of nitrogens with one attached hydrogen (secondary N) is 1. The number of methoxy groups -OCH3 is 1. The molecule has 11 nitrogen and oxygen atoms in total. The Kier molecular flexibility index (Phi) is 10.4. The molecule has 12 heteroatoms. The molecule has 1 saturated heterocycles. The quantitative estimate of drug-likeness (QED) is 0.141. The summed E-state index contributed by atoms with van der Waals surface area (Å²) in [6.45, 7) is 5.03. The van der Waals surface area contributed by atoms with Crippen molar-refractivity contribution in [3.05, 3.63) is 83.4 Å². The third-order valence-electron chi connectivity index (χ3n) is 8.32. The van der Waals surface area contributed by atoms with Crippen molar-refractivity contribution in [3.8, 4) is 34.1 Å². The van der Waals surface area contributed by atoms with Crippen molar-refractivity contribution in [1.29, 1.82) is 0 Å². The largest absolute Gasteiger partial charge is 0.493 e. The van der Waals surface area contributed by atoms with Crippen LogP contribution >= 0.6 is 9.24 Å². The number of rotatable bonds is 12. The first-order valence-corrected chi connectivity index (χ1v) is 16.5. The Hall–Kier alpha value is -4.70. The lowest BCUT2D eigenvalue weighted by molar-refractivity contribution is 0.0357. The number of morpholine rings is 1. The van der Waals surface area contributed by atoms with E-state index in [1.54, 1.807) is 26.6 Å². The van der Waals surface area contributed by atoms with E-state index in [0.29, 0.717) is 41.1 Å². The van der Waals surface area contributed by atoms with Crippen molar-refractivity contribution in [1.82, 2.24) is 19.4 Å². The van der Waals surface area contributed by atoms with Crippen molar-refractivity contribution in [2.24, 2.45) is 7.05 Å². The maximum atomic E-state index is 13.4. The van der Waals surface area contributed by atoms with E-state index in [0.717, 1.165) is 72.4 Å². The Morgan fingerprint density at radius 3 is 2.48 bits per heavy atom. The molecule has 6 rings (SSSR count). The van der Waals surface area contributed by atoms with Crippen molar-refractivity contribution in [2.75, 3.05) is 70.9 Å². The molecule has 0 radical (unpaired) electrons. The van der Waals surface area contributed by atoms with Gasteiger partial charge < -0.3 is 29.2 Å². The highest BCUT2D eigenvalue weighted by Crippen LogP contribution is 2.37.